The van der Waals surface area contributed by atoms with E-state index in [4.69, 9.17) is 9.57 Å². The second kappa shape index (κ2) is 7.79. The fourth-order valence-electron chi connectivity index (χ4n) is 9.01. The highest BCUT2D eigenvalue weighted by Gasteiger charge is 2.64. The van der Waals surface area contributed by atoms with E-state index >= 15 is 0 Å². The largest absolute Gasteiger partial charge is 0.469 e. The number of hydrogen-bond acceptors (Lipinski definition) is 4. The average Bonchev–Trinajstić information content (AvgIpc) is 2.70. The van der Waals surface area contributed by atoms with E-state index in [9.17, 15) is 9.59 Å². The fraction of sp³-hybridized carbons (Fsp3) is 0.920. The summed E-state index contributed by atoms with van der Waals surface area (Å²) in [5.41, 5.74) is 0.0152. The molecule has 170 valence electrons. The molecule has 4 fully saturated rings. The first-order valence-electron chi connectivity index (χ1n) is 12.1. The molecule has 4 aliphatic rings. The summed E-state index contributed by atoms with van der Waals surface area (Å²) >= 11 is 0. The van der Waals surface area contributed by atoms with Gasteiger partial charge in [0.1, 0.15) is 0 Å². The van der Waals surface area contributed by atoms with Crippen LogP contribution >= 0.6 is 0 Å². The van der Waals surface area contributed by atoms with Gasteiger partial charge in [-0.25, -0.2) is 5.06 Å². The molecule has 7 atom stereocenters. The van der Waals surface area contributed by atoms with E-state index in [1.54, 1.807) is 21.3 Å². The molecule has 7 unspecified atom stereocenters. The summed E-state index contributed by atoms with van der Waals surface area (Å²) < 4.78 is 5.36. The van der Waals surface area contributed by atoms with E-state index in [0.29, 0.717) is 17.8 Å². The Kier molecular flexibility index (Phi) is 5.74. The minimum atomic E-state index is -0.310. The van der Waals surface area contributed by atoms with E-state index in [1.807, 2.05) is 0 Å². The van der Waals surface area contributed by atoms with Gasteiger partial charge in [0.2, 0.25) is 5.91 Å². The molecule has 4 saturated carbocycles. The lowest BCUT2D eigenvalue weighted by Gasteiger charge is -2.66. The van der Waals surface area contributed by atoms with Crippen molar-refractivity contribution in [1.82, 2.24) is 5.06 Å². The second-order valence-electron chi connectivity index (χ2n) is 11.6. The van der Waals surface area contributed by atoms with E-state index in [-0.39, 0.29) is 34.0 Å². The lowest BCUT2D eigenvalue weighted by molar-refractivity contribution is -0.198. The van der Waals surface area contributed by atoms with Crippen molar-refractivity contribution in [3.05, 3.63) is 0 Å². The minimum Gasteiger partial charge on any atom is -0.469 e. The molecule has 1 amide bonds. The van der Waals surface area contributed by atoms with Crippen molar-refractivity contribution in [3.63, 3.8) is 0 Å². The van der Waals surface area contributed by atoms with Crippen LogP contribution < -0.4 is 0 Å². The van der Waals surface area contributed by atoms with Crippen LogP contribution in [-0.2, 0) is 19.2 Å². The van der Waals surface area contributed by atoms with Gasteiger partial charge in [0.05, 0.1) is 19.6 Å². The van der Waals surface area contributed by atoms with Gasteiger partial charge < -0.3 is 4.74 Å². The van der Waals surface area contributed by atoms with Gasteiger partial charge in [0.25, 0.3) is 0 Å². The van der Waals surface area contributed by atoms with Crippen molar-refractivity contribution in [2.24, 2.45) is 39.9 Å². The Bertz CT molecular complexity index is 691. The Balaban J connectivity index is 1.73. The van der Waals surface area contributed by atoms with Crippen LogP contribution in [0.2, 0.25) is 0 Å². The molecule has 0 N–H and O–H groups in total. The van der Waals surface area contributed by atoms with E-state index < -0.39 is 0 Å². The highest BCUT2D eigenvalue weighted by Crippen LogP contribution is 2.71. The summed E-state index contributed by atoms with van der Waals surface area (Å²) in [5, 5.41) is 1.43. The molecule has 0 heterocycles. The van der Waals surface area contributed by atoms with Gasteiger partial charge in [-0.05, 0) is 92.8 Å². The quantitative estimate of drug-likeness (QED) is 0.476. The number of rotatable bonds is 4. The van der Waals surface area contributed by atoms with Crippen molar-refractivity contribution >= 4 is 11.9 Å². The van der Waals surface area contributed by atoms with Crippen LogP contribution in [0.25, 0.3) is 0 Å². The molecule has 4 rings (SSSR count). The van der Waals surface area contributed by atoms with E-state index in [2.05, 4.69) is 13.8 Å². The summed E-state index contributed by atoms with van der Waals surface area (Å²) in [4.78, 5) is 31.4. The molecule has 0 spiro atoms. The van der Waals surface area contributed by atoms with Gasteiger partial charge in [-0.15, -0.1) is 0 Å². The van der Waals surface area contributed by atoms with E-state index in [0.717, 1.165) is 38.5 Å². The number of esters is 1. The molecular weight excluding hydrogens is 378 g/mol. The average molecular weight is 420 g/mol. The Morgan fingerprint density at radius 3 is 2.33 bits per heavy atom. The van der Waals surface area contributed by atoms with Gasteiger partial charge in [-0.3, -0.25) is 14.4 Å². The molecule has 5 heteroatoms. The normalized spacial score (nSPS) is 45.5. The summed E-state index contributed by atoms with van der Waals surface area (Å²) in [5.74, 6) is 2.03. The molecule has 0 aromatic carbocycles. The number of methoxy groups -OCH3 is 1. The third-order valence-corrected chi connectivity index (χ3v) is 9.55. The van der Waals surface area contributed by atoms with Crippen LogP contribution in [0, 0.1) is 39.9 Å². The molecule has 4 bridgehead atoms. The first-order valence-corrected chi connectivity index (χ1v) is 12.1. The van der Waals surface area contributed by atoms with Gasteiger partial charge in [-0.2, -0.15) is 0 Å². The van der Waals surface area contributed by atoms with Crippen LogP contribution in [0.5, 0.6) is 0 Å². The Hall–Kier alpha value is -1.10. The molecule has 5 nitrogen and oxygen atoms in total. The van der Waals surface area contributed by atoms with Crippen LogP contribution in [-0.4, -0.2) is 38.2 Å². The molecule has 0 radical (unpaired) electrons. The maximum atomic E-state index is 13.1. The van der Waals surface area contributed by atoms with Gasteiger partial charge >= 0.3 is 5.97 Å². The predicted octanol–water partition coefficient (Wildman–Crippen LogP) is 4.99. The Labute approximate surface area is 182 Å². The molecular formula is C25H41NO4. The van der Waals surface area contributed by atoms with Crippen molar-refractivity contribution in [1.29, 1.82) is 0 Å². The summed E-state index contributed by atoms with van der Waals surface area (Å²) in [6.45, 7) is 4.74. The zero-order chi connectivity index (χ0) is 21.7. The molecule has 0 aromatic rings. The smallest absolute Gasteiger partial charge is 0.311 e. The first-order chi connectivity index (χ1) is 14.2. The minimum absolute atomic E-state index is 0.0116. The number of carbonyl (C=O) groups is 2. The van der Waals surface area contributed by atoms with E-state index in [1.165, 1.54) is 37.2 Å². The lowest BCUT2D eigenvalue weighted by Crippen LogP contribution is -2.59. The molecule has 0 aliphatic heterocycles. The number of hydrogen-bond donors (Lipinski definition) is 0. The Morgan fingerprint density at radius 1 is 0.900 bits per heavy atom. The third-order valence-electron chi connectivity index (χ3n) is 9.55. The second-order valence-corrected chi connectivity index (χ2v) is 11.6. The first kappa shape index (κ1) is 22.1. The molecule has 0 aromatic heterocycles. The fourth-order valence-corrected chi connectivity index (χ4v) is 9.01. The van der Waals surface area contributed by atoms with Gasteiger partial charge in [-0.1, -0.05) is 20.3 Å². The highest BCUT2D eigenvalue weighted by molar-refractivity contribution is 5.78. The van der Waals surface area contributed by atoms with Crippen LogP contribution in [0.4, 0.5) is 0 Å². The predicted molar refractivity (Wildman–Crippen MR) is 115 cm³/mol. The summed E-state index contributed by atoms with van der Waals surface area (Å²) in [7, 11) is 4.87. The number of nitrogens with zero attached hydrogens (tertiary/aromatic N) is 1. The number of carbonyl (C=O) groups excluding carboxylic acids is 2. The summed E-state index contributed by atoms with van der Waals surface area (Å²) in [6, 6.07) is 0. The van der Waals surface area contributed by atoms with Crippen LogP contribution in [0.1, 0.15) is 84.5 Å². The molecule has 4 aliphatic carbocycles. The summed E-state index contributed by atoms with van der Waals surface area (Å²) in [6.07, 6.45) is 12.0. The number of ether oxygens (including phenoxy) is 1. The number of fused-ring (bicyclic) bond motifs is 5. The number of amides is 1. The number of hydroxylamine groups is 2. The standard InChI is InChI=1S/C25H41NO4/c1-17-9-19-10-20(21(27)26(3)30-5)15-25(12-17,14-19)24-8-6-7-23(16-24,22(28)29-4)11-18(2)13-24/h17-20H,6-16H2,1-5H3. The topological polar surface area (TPSA) is 55.8 Å². The maximum absolute atomic E-state index is 13.1. The monoisotopic (exact) mass is 419 g/mol. The zero-order valence-electron chi connectivity index (χ0n) is 19.7. The maximum Gasteiger partial charge on any atom is 0.311 e. The van der Waals surface area contributed by atoms with Gasteiger partial charge in [0.15, 0.2) is 0 Å². The lowest BCUT2D eigenvalue weighted by atomic mass is 9.38. The van der Waals surface area contributed by atoms with Crippen LogP contribution in [0.3, 0.4) is 0 Å². The molecule has 30 heavy (non-hydrogen) atoms. The SMILES string of the molecule is COC(=O)C12CCCC(C34CC(C)CC(CC(C(=O)N(C)OC)C3)C4)(CC(C)C1)C2. The zero-order valence-corrected chi connectivity index (χ0v) is 19.7. The van der Waals surface area contributed by atoms with Gasteiger partial charge in [0, 0.05) is 13.0 Å². The molecule has 0 saturated heterocycles. The van der Waals surface area contributed by atoms with Crippen molar-refractivity contribution in [2.45, 2.75) is 84.5 Å². The third kappa shape index (κ3) is 3.40. The van der Waals surface area contributed by atoms with Crippen molar-refractivity contribution < 1.29 is 19.2 Å². The highest BCUT2D eigenvalue weighted by atomic mass is 16.7. The Morgan fingerprint density at radius 2 is 1.63 bits per heavy atom. The van der Waals surface area contributed by atoms with Crippen molar-refractivity contribution in [2.75, 3.05) is 21.3 Å². The van der Waals surface area contributed by atoms with Crippen LogP contribution in [0.15, 0.2) is 0 Å². The van der Waals surface area contributed by atoms with Crippen molar-refractivity contribution in [3.8, 4) is 0 Å².